The summed E-state index contributed by atoms with van der Waals surface area (Å²) in [5.74, 6) is -1.01. The van der Waals surface area contributed by atoms with E-state index in [1.807, 2.05) is 0 Å². The first-order valence-electron chi connectivity index (χ1n) is 10.1. The molecule has 8 nitrogen and oxygen atoms in total. The van der Waals surface area contributed by atoms with Crippen LogP contribution in [0.25, 0.3) is 11.8 Å². The summed E-state index contributed by atoms with van der Waals surface area (Å²) in [6.07, 6.45) is 3.37. The second kappa shape index (κ2) is 7.75. The van der Waals surface area contributed by atoms with Crippen LogP contribution >= 0.6 is 23.8 Å². The highest BCUT2D eigenvalue weighted by Gasteiger charge is 2.56. The van der Waals surface area contributed by atoms with E-state index in [0.29, 0.717) is 10.7 Å². The van der Waals surface area contributed by atoms with E-state index in [1.165, 1.54) is 10.6 Å². The first-order chi connectivity index (χ1) is 14.9. The van der Waals surface area contributed by atoms with Gasteiger partial charge in [0.05, 0.1) is 5.69 Å². The SMILES string of the molecule is O=c1[nH]c(=S)n(-c2ccc(Cl)cc2)c(O)c1C=C1O[C@@H]2OC3(CCCCC3)O[C@@H]2[C@H]1O. The number of halogens is 1. The van der Waals surface area contributed by atoms with Crippen molar-refractivity contribution in [3.8, 4) is 11.6 Å². The van der Waals surface area contributed by atoms with Gasteiger partial charge in [0.25, 0.3) is 5.56 Å². The average Bonchev–Trinajstić information content (AvgIpc) is 3.21. The van der Waals surface area contributed by atoms with Crippen molar-refractivity contribution < 1.29 is 24.4 Å². The second-order valence-electron chi connectivity index (χ2n) is 7.96. The molecule has 0 radical (unpaired) electrons. The molecule has 164 valence electrons. The molecule has 1 saturated carbocycles. The molecule has 0 bridgehead atoms. The van der Waals surface area contributed by atoms with Crippen molar-refractivity contribution in [1.29, 1.82) is 0 Å². The Kier molecular flexibility index (Phi) is 5.18. The molecule has 3 aliphatic rings. The minimum atomic E-state index is -1.13. The van der Waals surface area contributed by atoms with E-state index in [9.17, 15) is 15.0 Å². The molecule has 3 atom stereocenters. The summed E-state index contributed by atoms with van der Waals surface area (Å²) in [6, 6.07) is 6.59. The maximum atomic E-state index is 12.5. The molecule has 31 heavy (non-hydrogen) atoms. The summed E-state index contributed by atoms with van der Waals surface area (Å²) in [6.45, 7) is 0. The fraction of sp³-hybridized carbons (Fsp3) is 0.429. The number of rotatable bonds is 2. The van der Waals surface area contributed by atoms with Crippen LogP contribution in [0.3, 0.4) is 0 Å². The summed E-state index contributed by atoms with van der Waals surface area (Å²) in [5.41, 5.74) is -0.206. The number of nitrogens with one attached hydrogen (secondary N) is 1. The van der Waals surface area contributed by atoms with Crippen molar-refractivity contribution in [2.75, 3.05) is 0 Å². The molecule has 3 N–H and O–H groups in total. The molecule has 1 aliphatic carbocycles. The van der Waals surface area contributed by atoms with Gasteiger partial charge in [0, 0.05) is 17.9 Å². The van der Waals surface area contributed by atoms with Crippen LogP contribution in [0.4, 0.5) is 0 Å². The van der Waals surface area contributed by atoms with Gasteiger partial charge >= 0.3 is 0 Å². The van der Waals surface area contributed by atoms with E-state index >= 15 is 0 Å². The van der Waals surface area contributed by atoms with Crippen LogP contribution in [0, 0.1) is 4.77 Å². The number of hydrogen-bond acceptors (Lipinski definition) is 7. The number of benzene rings is 1. The van der Waals surface area contributed by atoms with Crippen LogP contribution < -0.4 is 5.56 Å². The van der Waals surface area contributed by atoms with E-state index in [4.69, 9.17) is 38.0 Å². The molecule has 1 spiro atoms. The molecule has 2 saturated heterocycles. The summed E-state index contributed by atoms with van der Waals surface area (Å²) in [5, 5.41) is 22.1. The van der Waals surface area contributed by atoms with Gasteiger partial charge in [-0.1, -0.05) is 18.0 Å². The van der Waals surface area contributed by atoms with Crippen LogP contribution in [0.1, 0.15) is 37.7 Å². The lowest BCUT2D eigenvalue weighted by Crippen LogP contribution is -2.36. The molecule has 2 aliphatic heterocycles. The normalized spacial score (nSPS) is 28.1. The Labute approximate surface area is 187 Å². The van der Waals surface area contributed by atoms with Crippen LogP contribution in [0.15, 0.2) is 34.8 Å². The summed E-state index contributed by atoms with van der Waals surface area (Å²) < 4.78 is 19.2. The highest BCUT2D eigenvalue weighted by Crippen LogP contribution is 2.46. The zero-order valence-corrected chi connectivity index (χ0v) is 18.0. The van der Waals surface area contributed by atoms with Crippen LogP contribution in [0.2, 0.25) is 5.02 Å². The Balaban J connectivity index is 1.48. The lowest BCUT2D eigenvalue weighted by molar-refractivity contribution is -0.226. The Bertz CT molecular complexity index is 1150. The molecule has 0 amide bonds. The minimum absolute atomic E-state index is 0.0163. The number of aromatic amines is 1. The molecule has 2 aromatic rings. The third-order valence-corrected chi connectivity index (χ3v) is 6.45. The topological polar surface area (TPSA) is 106 Å². The molecule has 3 fully saturated rings. The lowest BCUT2D eigenvalue weighted by atomic mass is 9.94. The predicted molar refractivity (Wildman–Crippen MR) is 115 cm³/mol. The number of aliphatic hydroxyl groups is 1. The van der Waals surface area contributed by atoms with Gasteiger partial charge in [-0.2, -0.15) is 0 Å². The quantitative estimate of drug-likeness (QED) is 0.585. The highest BCUT2D eigenvalue weighted by molar-refractivity contribution is 7.71. The maximum absolute atomic E-state index is 12.5. The Morgan fingerprint density at radius 2 is 1.90 bits per heavy atom. The average molecular weight is 465 g/mol. The van der Waals surface area contributed by atoms with E-state index in [0.717, 1.165) is 32.1 Å². The van der Waals surface area contributed by atoms with E-state index in [2.05, 4.69) is 4.98 Å². The number of H-pyrrole nitrogens is 1. The van der Waals surface area contributed by atoms with Crippen molar-refractivity contribution in [2.24, 2.45) is 0 Å². The number of ether oxygens (including phenoxy) is 3. The Morgan fingerprint density at radius 1 is 1.19 bits per heavy atom. The van der Waals surface area contributed by atoms with Crippen LogP contribution in [-0.4, -0.2) is 44.0 Å². The Morgan fingerprint density at radius 3 is 2.58 bits per heavy atom. The number of aromatic hydroxyl groups is 1. The first-order valence-corrected chi connectivity index (χ1v) is 10.9. The molecule has 1 aromatic carbocycles. The fourth-order valence-electron chi connectivity index (χ4n) is 4.37. The van der Waals surface area contributed by atoms with E-state index in [1.54, 1.807) is 24.3 Å². The largest absolute Gasteiger partial charge is 0.494 e. The van der Waals surface area contributed by atoms with Gasteiger partial charge in [0.15, 0.2) is 16.7 Å². The molecular formula is C21H21ClN2O6S. The minimum Gasteiger partial charge on any atom is -0.494 e. The molecular weight excluding hydrogens is 444 g/mol. The van der Waals surface area contributed by atoms with E-state index in [-0.39, 0.29) is 22.0 Å². The predicted octanol–water partition coefficient (Wildman–Crippen LogP) is 3.39. The monoisotopic (exact) mass is 464 g/mol. The number of aromatic nitrogens is 2. The fourth-order valence-corrected chi connectivity index (χ4v) is 4.78. The maximum Gasteiger partial charge on any atom is 0.262 e. The summed E-state index contributed by atoms with van der Waals surface area (Å²) in [4.78, 5) is 15.1. The molecule has 3 heterocycles. The van der Waals surface area contributed by atoms with Gasteiger partial charge in [-0.05, 0) is 55.4 Å². The first kappa shape index (κ1) is 20.7. The molecule has 10 heteroatoms. The van der Waals surface area contributed by atoms with Gasteiger partial charge in [-0.25, -0.2) is 0 Å². The number of nitrogens with zero attached hydrogens (tertiary/aromatic N) is 1. The molecule has 5 rings (SSSR count). The third-order valence-electron chi connectivity index (χ3n) is 5.91. The van der Waals surface area contributed by atoms with Gasteiger partial charge in [0.1, 0.15) is 17.4 Å². The third kappa shape index (κ3) is 3.60. The van der Waals surface area contributed by atoms with Crippen LogP contribution in [-0.2, 0) is 14.2 Å². The van der Waals surface area contributed by atoms with Gasteiger partial charge in [0.2, 0.25) is 12.2 Å². The zero-order chi connectivity index (χ0) is 21.8. The number of fused-ring (bicyclic) bond motifs is 1. The van der Waals surface area contributed by atoms with Crippen molar-refractivity contribution in [3.63, 3.8) is 0 Å². The summed E-state index contributed by atoms with van der Waals surface area (Å²) >= 11 is 11.1. The smallest absolute Gasteiger partial charge is 0.262 e. The summed E-state index contributed by atoms with van der Waals surface area (Å²) in [7, 11) is 0. The zero-order valence-electron chi connectivity index (χ0n) is 16.4. The molecule has 0 unspecified atom stereocenters. The second-order valence-corrected chi connectivity index (χ2v) is 8.78. The van der Waals surface area contributed by atoms with Gasteiger partial charge in [-0.3, -0.25) is 14.3 Å². The van der Waals surface area contributed by atoms with Crippen molar-refractivity contribution in [1.82, 2.24) is 9.55 Å². The van der Waals surface area contributed by atoms with Crippen molar-refractivity contribution in [3.05, 3.63) is 55.7 Å². The standard InChI is InChI=1S/C21H21ClN2O6S/c22-11-4-6-12(7-5-11)24-18(27)13(17(26)23-20(24)31)10-14-15(25)16-19(28-14)30-21(29-16)8-2-1-3-9-21/h4-7,10,15-16,19,25,27H,1-3,8-9H2,(H,23,26,31)/t15-,16+,19+/m0/s1. The van der Waals surface area contributed by atoms with Crippen LogP contribution in [0.5, 0.6) is 5.88 Å². The van der Waals surface area contributed by atoms with E-state index < -0.39 is 29.8 Å². The van der Waals surface area contributed by atoms with Crippen molar-refractivity contribution in [2.45, 2.75) is 56.4 Å². The lowest BCUT2D eigenvalue weighted by Gasteiger charge is -2.32. The van der Waals surface area contributed by atoms with Gasteiger partial charge < -0.3 is 24.4 Å². The highest BCUT2D eigenvalue weighted by atomic mass is 35.5. The number of aliphatic hydroxyl groups excluding tert-OH is 1. The van der Waals surface area contributed by atoms with Gasteiger partial charge in [-0.15, -0.1) is 0 Å². The number of hydrogen-bond donors (Lipinski definition) is 3. The Hall–Kier alpha value is -2.17. The molecule has 1 aromatic heterocycles. The van der Waals surface area contributed by atoms with Crippen molar-refractivity contribution >= 4 is 29.9 Å².